The molecular weight excluding hydrogens is 643 g/mol. The average molecular weight is 686 g/mol. The molecule has 0 bridgehead atoms. The van der Waals surface area contributed by atoms with Gasteiger partial charge in [0.05, 0.1) is 19.4 Å². The molecule has 5 rings (SSSR count). The van der Waals surface area contributed by atoms with Crippen molar-refractivity contribution in [3.63, 3.8) is 0 Å². The van der Waals surface area contributed by atoms with Crippen LogP contribution in [-0.2, 0) is 33.3 Å². The molecule has 3 aromatic rings. The summed E-state index contributed by atoms with van der Waals surface area (Å²) in [6.45, 7) is 7.25. The number of likely N-dealkylation sites (tertiary alicyclic amines) is 1. The molecule has 0 radical (unpaired) electrons. The number of ketones is 1. The van der Waals surface area contributed by atoms with Crippen LogP contribution in [0.2, 0.25) is 0 Å². The minimum atomic E-state index is -3.24. The van der Waals surface area contributed by atoms with Crippen LogP contribution in [0.3, 0.4) is 0 Å². The van der Waals surface area contributed by atoms with Gasteiger partial charge in [0.2, 0.25) is 5.43 Å². The molecule has 10 nitrogen and oxygen atoms in total. The second-order valence-electron chi connectivity index (χ2n) is 12.3. The minimum Gasteiger partial charge on any atom is -0.483 e. The van der Waals surface area contributed by atoms with Gasteiger partial charge in [-0.15, -0.1) is 0 Å². The number of piperidine rings is 1. The van der Waals surface area contributed by atoms with Crippen LogP contribution >= 0.6 is 7.60 Å². The van der Waals surface area contributed by atoms with Crippen molar-refractivity contribution in [3.8, 4) is 5.75 Å². The van der Waals surface area contributed by atoms with Gasteiger partial charge in [-0.2, -0.15) is 0 Å². The van der Waals surface area contributed by atoms with E-state index in [0.29, 0.717) is 32.5 Å². The number of rotatable bonds is 14. The molecule has 258 valence electrons. The van der Waals surface area contributed by atoms with Crippen LogP contribution < -0.4 is 15.5 Å². The number of amides is 1. The SMILES string of the molecule is CCOP(=O)(CCCN1CCC[C@]2(C)C(=O)c3c(OCc4ccccc4)c(=O)c(C(=O)NCc4ccc(F)cc4F)cn3C[C@H]12)OCC. The van der Waals surface area contributed by atoms with Gasteiger partial charge in [0.25, 0.3) is 5.91 Å². The largest absolute Gasteiger partial charge is 0.483 e. The summed E-state index contributed by atoms with van der Waals surface area (Å²) in [7, 11) is -3.24. The van der Waals surface area contributed by atoms with E-state index in [1.54, 1.807) is 18.4 Å². The molecule has 1 fully saturated rings. The molecule has 2 atom stereocenters. The topological polar surface area (TPSA) is 116 Å². The maximum Gasteiger partial charge on any atom is 0.330 e. The van der Waals surface area contributed by atoms with E-state index < -0.39 is 36.0 Å². The van der Waals surface area contributed by atoms with E-state index in [1.165, 1.54) is 12.3 Å². The van der Waals surface area contributed by atoms with E-state index in [1.807, 2.05) is 37.3 Å². The molecule has 1 aromatic heterocycles. The van der Waals surface area contributed by atoms with Crippen LogP contribution in [0, 0.1) is 17.0 Å². The zero-order valence-electron chi connectivity index (χ0n) is 27.5. The van der Waals surface area contributed by atoms with Gasteiger partial charge in [0.15, 0.2) is 11.5 Å². The lowest BCUT2D eigenvalue weighted by molar-refractivity contribution is 0.00726. The highest BCUT2D eigenvalue weighted by atomic mass is 31.2. The standard InChI is InChI=1S/C35H42F2N3O7P/c1-4-46-48(44,47-5-2)18-10-17-39-16-9-15-35(3)29(39)22-40-21-27(34(43)38-20-25-13-14-26(36)19-28(25)37)31(41)32(30(40)33(35)42)45-23-24-11-7-6-8-12-24/h6-8,11-14,19,21,29H,4-5,9-10,15-18,20,22-23H2,1-3H3,(H,38,43)/t29-,35-/m0/s1. The van der Waals surface area contributed by atoms with Gasteiger partial charge < -0.3 is 23.7 Å². The molecule has 13 heteroatoms. The Morgan fingerprint density at radius 2 is 1.81 bits per heavy atom. The van der Waals surface area contributed by atoms with Gasteiger partial charge in [0, 0.05) is 42.4 Å². The number of carbonyl (C=O) groups excluding carboxylic acids is 2. The number of pyridine rings is 1. The molecule has 2 aromatic carbocycles. The van der Waals surface area contributed by atoms with E-state index in [9.17, 15) is 27.7 Å². The number of hydrogen-bond acceptors (Lipinski definition) is 8. The predicted molar refractivity (Wildman–Crippen MR) is 176 cm³/mol. The Balaban J connectivity index is 1.46. The predicted octanol–water partition coefficient (Wildman–Crippen LogP) is 5.96. The summed E-state index contributed by atoms with van der Waals surface area (Å²) >= 11 is 0. The second kappa shape index (κ2) is 15.2. The Hall–Kier alpha value is -3.70. The first-order valence-electron chi connectivity index (χ1n) is 16.3. The van der Waals surface area contributed by atoms with E-state index in [2.05, 4.69) is 10.2 Å². The van der Waals surface area contributed by atoms with Gasteiger partial charge in [-0.05, 0) is 57.8 Å². The van der Waals surface area contributed by atoms with Crippen molar-refractivity contribution in [2.45, 2.75) is 65.8 Å². The fraction of sp³-hybridized carbons (Fsp3) is 0.457. The van der Waals surface area contributed by atoms with Gasteiger partial charge in [-0.1, -0.05) is 43.3 Å². The molecule has 3 heterocycles. The van der Waals surface area contributed by atoms with Crippen molar-refractivity contribution in [3.05, 3.63) is 99.0 Å². The van der Waals surface area contributed by atoms with Gasteiger partial charge in [0.1, 0.15) is 29.5 Å². The van der Waals surface area contributed by atoms with Crippen molar-refractivity contribution in [2.24, 2.45) is 5.41 Å². The summed E-state index contributed by atoms with van der Waals surface area (Å²) in [5.74, 6) is -2.83. The van der Waals surface area contributed by atoms with Gasteiger partial charge in [-0.3, -0.25) is 23.8 Å². The molecule has 0 aliphatic carbocycles. The van der Waals surface area contributed by atoms with Crippen LogP contribution in [0.1, 0.15) is 72.0 Å². The van der Waals surface area contributed by atoms with Crippen LogP contribution in [0.4, 0.5) is 8.78 Å². The normalized spacial score (nSPS) is 19.4. The smallest absolute Gasteiger partial charge is 0.330 e. The van der Waals surface area contributed by atoms with Crippen molar-refractivity contribution < 1.29 is 36.7 Å². The number of Topliss-reactive ketones (excluding diaryl/α,β-unsaturated/α-hetero) is 1. The number of nitrogens with zero attached hydrogens (tertiary/aromatic N) is 2. The summed E-state index contributed by atoms with van der Waals surface area (Å²) in [4.78, 5) is 44.0. The number of hydrogen-bond donors (Lipinski definition) is 1. The summed E-state index contributed by atoms with van der Waals surface area (Å²) in [6.07, 6.45) is 3.47. The number of fused-ring (bicyclic) bond motifs is 2. The van der Waals surface area contributed by atoms with E-state index in [4.69, 9.17) is 13.8 Å². The van der Waals surface area contributed by atoms with Crippen molar-refractivity contribution in [1.82, 2.24) is 14.8 Å². The fourth-order valence-electron chi connectivity index (χ4n) is 6.69. The molecule has 0 unspecified atom stereocenters. The Bertz CT molecular complexity index is 1740. The molecular formula is C35H42F2N3O7P. The number of halogens is 2. The minimum absolute atomic E-state index is 0.00574. The van der Waals surface area contributed by atoms with Crippen LogP contribution in [0.15, 0.2) is 59.5 Å². The van der Waals surface area contributed by atoms with Crippen molar-refractivity contribution in [2.75, 3.05) is 32.5 Å². The van der Waals surface area contributed by atoms with Gasteiger partial charge >= 0.3 is 7.60 Å². The zero-order chi connectivity index (χ0) is 34.5. The Labute approximate surface area is 278 Å². The lowest BCUT2D eigenvalue weighted by Crippen LogP contribution is -2.60. The summed E-state index contributed by atoms with van der Waals surface area (Å²) in [5, 5.41) is 2.55. The molecule has 1 amide bonds. The average Bonchev–Trinajstić information content (AvgIpc) is 3.05. The number of aromatic nitrogens is 1. The van der Waals surface area contributed by atoms with Crippen molar-refractivity contribution >= 4 is 19.3 Å². The number of ether oxygens (including phenoxy) is 1. The second-order valence-corrected chi connectivity index (χ2v) is 14.5. The molecule has 0 spiro atoms. The quantitative estimate of drug-likeness (QED) is 0.207. The molecule has 48 heavy (non-hydrogen) atoms. The highest BCUT2D eigenvalue weighted by Gasteiger charge is 2.51. The maximum absolute atomic E-state index is 14.4. The first kappa shape index (κ1) is 35.6. The first-order valence-corrected chi connectivity index (χ1v) is 18.1. The maximum atomic E-state index is 14.4. The number of benzene rings is 2. The summed E-state index contributed by atoms with van der Waals surface area (Å²) in [5.41, 5.74) is -0.939. The van der Waals surface area contributed by atoms with Crippen LogP contribution in [-0.4, -0.2) is 59.7 Å². The highest BCUT2D eigenvalue weighted by molar-refractivity contribution is 7.53. The molecule has 0 saturated carbocycles. The van der Waals surface area contributed by atoms with Crippen molar-refractivity contribution in [1.29, 1.82) is 0 Å². The molecule has 1 N–H and O–H groups in total. The third-order valence-corrected chi connectivity index (χ3v) is 11.3. The highest BCUT2D eigenvalue weighted by Crippen LogP contribution is 2.49. The third-order valence-electron chi connectivity index (χ3n) is 9.11. The lowest BCUT2D eigenvalue weighted by Gasteiger charge is -2.50. The third kappa shape index (κ3) is 7.62. The number of carbonyl (C=O) groups is 2. The Morgan fingerprint density at radius 3 is 2.50 bits per heavy atom. The molecule has 2 aliphatic rings. The van der Waals surface area contributed by atoms with E-state index in [0.717, 1.165) is 24.1 Å². The number of nitrogens with one attached hydrogen (secondary N) is 1. The van der Waals surface area contributed by atoms with E-state index in [-0.39, 0.29) is 66.9 Å². The van der Waals surface area contributed by atoms with E-state index >= 15 is 0 Å². The summed E-state index contributed by atoms with van der Waals surface area (Å²) < 4.78 is 59.4. The Morgan fingerprint density at radius 1 is 1.08 bits per heavy atom. The fourth-order valence-corrected chi connectivity index (χ4v) is 8.33. The van der Waals surface area contributed by atoms with Crippen LogP contribution in [0.25, 0.3) is 0 Å². The molecule has 1 saturated heterocycles. The monoisotopic (exact) mass is 685 g/mol. The molecule has 2 aliphatic heterocycles. The van der Waals surface area contributed by atoms with Gasteiger partial charge in [-0.25, -0.2) is 8.78 Å². The Kier molecular flexibility index (Phi) is 11.3. The first-order chi connectivity index (χ1) is 23.0. The zero-order valence-corrected chi connectivity index (χ0v) is 28.4. The summed E-state index contributed by atoms with van der Waals surface area (Å²) in [6, 6.07) is 11.9. The lowest BCUT2D eigenvalue weighted by atomic mass is 9.68. The van der Waals surface area contributed by atoms with Crippen LogP contribution in [0.5, 0.6) is 5.75 Å².